The van der Waals surface area contributed by atoms with Crippen molar-refractivity contribution >= 4 is 62.6 Å². The van der Waals surface area contributed by atoms with Gasteiger partial charge in [-0.2, -0.15) is 5.01 Å². The van der Waals surface area contributed by atoms with E-state index in [0.717, 1.165) is 20.9 Å². The molecule has 0 spiro atoms. The number of allylic oxidation sites excluding steroid dienone is 2. The highest BCUT2D eigenvalue weighted by Gasteiger charge is 2.68. The minimum absolute atomic E-state index is 0.000512. The molecular weight excluding hydrogens is 555 g/mol. The maximum atomic E-state index is 13.7. The maximum Gasteiger partial charge on any atom is 0.273 e. The number of ketones is 1. The van der Waals surface area contributed by atoms with E-state index in [1.54, 1.807) is 24.3 Å². The third kappa shape index (κ3) is 3.59. The standard InChI is InChI=1S/C26H19BrCl2N2O4/c27-14-4-1-12(2-5-14)21(32)11-30(24(33)13-3-8-19(28)20(29)9-13)31-25(34)22-15-6-7-16(18-10-17(15)18)23(22)26(31)35/h1-9,15-18,22-23H,10-11H2/t15-,16-,17-,18+,22-,23+/m0/s1. The van der Waals surface area contributed by atoms with Gasteiger partial charge in [0.2, 0.25) is 0 Å². The summed E-state index contributed by atoms with van der Waals surface area (Å²) in [6.07, 6.45) is 5.16. The smallest absolute Gasteiger partial charge is 0.273 e. The Balaban J connectivity index is 1.37. The summed E-state index contributed by atoms with van der Waals surface area (Å²) in [5, 5.41) is 2.33. The molecule has 1 aliphatic heterocycles. The molecule has 6 nitrogen and oxygen atoms in total. The van der Waals surface area contributed by atoms with Gasteiger partial charge >= 0.3 is 0 Å². The van der Waals surface area contributed by atoms with E-state index in [0.29, 0.717) is 17.4 Å². The summed E-state index contributed by atoms with van der Waals surface area (Å²) in [6, 6.07) is 11.0. The molecule has 5 aliphatic rings. The summed E-state index contributed by atoms with van der Waals surface area (Å²) >= 11 is 15.5. The van der Waals surface area contributed by atoms with Crippen LogP contribution in [0, 0.1) is 35.5 Å². The first-order chi connectivity index (χ1) is 16.8. The number of rotatable bonds is 5. The van der Waals surface area contributed by atoms with Crippen molar-refractivity contribution in [1.82, 2.24) is 10.0 Å². The molecule has 6 atom stereocenters. The van der Waals surface area contributed by atoms with Crippen LogP contribution in [0.1, 0.15) is 27.1 Å². The molecule has 2 aromatic rings. The van der Waals surface area contributed by atoms with Gasteiger partial charge < -0.3 is 0 Å². The second-order valence-electron chi connectivity index (χ2n) is 9.56. The van der Waals surface area contributed by atoms with E-state index < -0.39 is 41.9 Å². The normalized spacial score (nSPS) is 29.7. The lowest BCUT2D eigenvalue weighted by atomic mass is 9.63. The van der Waals surface area contributed by atoms with E-state index in [1.807, 2.05) is 0 Å². The quantitative estimate of drug-likeness (QED) is 0.285. The highest BCUT2D eigenvalue weighted by molar-refractivity contribution is 9.10. The van der Waals surface area contributed by atoms with Crippen LogP contribution in [-0.4, -0.2) is 40.1 Å². The molecular formula is C26H19BrCl2N2O4. The molecule has 0 radical (unpaired) electrons. The number of hydrogen-bond acceptors (Lipinski definition) is 4. The first-order valence-corrected chi connectivity index (χ1v) is 12.9. The monoisotopic (exact) mass is 572 g/mol. The predicted octanol–water partition coefficient (Wildman–Crippen LogP) is 5.05. The van der Waals surface area contributed by atoms with Gasteiger partial charge in [-0.1, -0.05) is 63.4 Å². The average molecular weight is 574 g/mol. The minimum atomic E-state index is -0.667. The number of carbonyl (C=O) groups is 4. The molecule has 1 saturated heterocycles. The lowest BCUT2D eigenvalue weighted by Crippen LogP contribution is -2.52. The fraction of sp³-hybridized carbons (Fsp3) is 0.308. The number of hydrogen-bond donors (Lipinski definition) is 0. The Bertz CT molecular complexity index is 1290. The van der Waals surface area contributed by atoms with Crippen molar-refractivity contribution in [2.45, 2.75) is 6.42 Å². The molecule has 4 aliphatic carbocycles. The van der Waals surface area contributed by atoms with Crippen LogP contribution < -0.4 is 0 Å². The van der Waals surface area contributed by atoms with E-state index in [2.05, 4.69) is 28.1 Å². The first kappa shape index (κ1) is 23.0. The van der Waals surface area contributed by atoms with Crippen LogP contribution in [0.2, 0.25) is 10.0 Å². The van der Waals surface area contributed by atoms with Crippen LogP contribution in [0.3, 0.4) is 0 Å². The molecule has 0 N–H and O–H groups in total. The number of carbonyl (C=O) groups excluding carboxylic acids is 4. The summed E-state index contributed by atoms with van der Waals surface area (Å²) in [7, 11) is 0. The van der Waals surface area contributed by atoms with Crippen LogP contribution in [0.4, 0.5) is 0 Å². The Morgan fingerprint density at radius 3 is 2.03 bits per heavy atom. The summed E-state index contributed by atoms with van der Waals surface area (Å²) in [5.41, 5.74) is 0.488. The fourth-order valence-corrected chi connectivity index (χ4v) is 6.62. The number of imide groups is 1. The molecule has 7 rings (SSSR count). The number of nitrogens with zero attached hydrogens (tertiary/aromatic N) is 2. The summed E-state index contributed by atoms with van der Waals surface area (Å²) < 4.78 is 0.799. The van der Waals surface area contributed by atoms with Gasteiger partial charge in [0.25, 0.3) is 17.7 Å². The van der Waals surface area contributed by atoms with Crippen molar-refractivity contribution in [2.75, 3.05) is 6.54 Å². The zero-order valence-corrected chi connectivity index (χ0v) is 21.3. The maximum absolute atomic E-state index is 13.7. The molecule has 35 heavy (non-hydrogen) atoms. The van der Waals surface area contributed by atoms with Crippen LogP contribution >= 0.6 is 39.1 Å². The highest BCUT2D eigenvalue weighted by atomic mass is 79.9. The van der Waals surface area contributed by atoms with E-state index in [1.165, 1.54) is 18.2 Å². The minimum Gasteiger partial charge on any atom is -0.292 e. The lowest BCUT2D eigenvalue weighted by Gasteiger charge is -2.37. The van der Waals surface area contributed by atoms with Crippen molar-refractivity contribution in [3.63, 3.8) is 0 Å². The van der Waals surface area contributed by atoms with Gasteiger partial charge in [-0.3, -0.25) is 19.2 Å². The zero-order chi connectivity index (χ0) is 24.6. The van der Waals surface area contributed by atoms with Crippen LogP contribution in [0.5, 0.6) is 0 Å². The van der Waals surface area contributed by atoms with Crippen molar-refractivity contribution in [2.24, 2.45) is 35.5 Å². The third-order valence-corrected chi connectivity index (χ3v) is 9.01. The molecule has 0 unspecified atom stereocenters. The van der Waals surface area contributed by atoms with Gasteiger partial charge in [0.1, 0.15) is 6.54 Å². The van der Waals surface area contributed by atoms with Gasteiger partial charge in [-0.15, -0.1) is 0 Å². The molecule has 1 heterocycles. The fourth-order valence-electron chi connectivity index (χ4n) is 6.05. The molecule has 2 bridgehead atoms. The molecule has 2 aromatic carbocycles. The van der Waals surface area contributed by atoms with Gasteiger partial charge in [-0.25, -0.2) is 5.01 Å². The van der Waals surface area contributed by atoms with Gasteiger partial charge in [0, 0.05) is 15.6 Å². The van der Waals surface area contributed by atoms with Crippen LogP contribution in [0.15, 0.2) is 59.1 Å². The molecule has 178 valence electrons. The number of amides is 3. The molecule has 0 aromatic heterocycles. The number of hydrazine groups is 1. The second kappa shape index (κ2) is 8.29. The Kier molecular flexibility index (Phi) is 5.43. The zero-order valence-electron chi connectivity index (χ0n) is 18.2. The Labute approximate surface area is 219 Å². The van der Waals surface area contributed by atoms with Crippen molar-refractivity contribution in [1.29, 1.82) is 0 Å². The van der Waals surface area contributed by atoms with Crippen molar-refractivity contribution < 1.29 is 19.2 Å². The van der Waals surface area contributed by atoms with Gasteiger partial charge in [0.05, 0.1) is 21.9 Å². The SMILES string of the molecule is O=C(CN(C(=O)c1ccc(Cl)c(Cl)c1)N1C(=O)[C@@H]2[C@H]3C=C[C@@H]([C@@H]4C[C@H]34)[C@@H]2C1=O)c1ccc(Br)cc1. The van der Waals surface area contributed by atoms with Crippen molar-refractivity contribution in [3.05, 3.63) is 80.3 Å². The number of halogens is 3. The number of Topliss-reactive ketones (excluding diaryl/α,β-unsaturated/α-hetero) is 1. The predicted molar refractivity (Wildman–Crippen MR) is 133 cm³/mol. The highest BCUT2D eigenvalue weighted by Crippen LogP contribution is 2.65. The second-order valence-corrected chi connectivity index (χ2v) is 11.3. The summed E-state index contributed by atoms with van der Waals surface area (Å²) in [4.78, 5) is 54.2. The van der Waals surface area contributed by atoms with Gasteiger partial charge in [-0.05, 0) is 60.4 Å². The molecule has 3 amide bonds. The van der Waals surface area contributed by atoms with E-state index in [-0.39, 0.29) is 27.4 Å². The first-order valence-electron chi connectivity index (χ1n) is 11.4. The van der Waals surface area contributed by atoms with Crippen molar-refractivity contribution in [3.8, 4) is 0 Å². The molecule has 3 fully saturated rings. The van der Waals surface area contributed by atoms with Crippen LogP contribution in [0.25, 0.3) is 0 Å². The Morgan fingerprint density at radius 2 is 1.46 bits per heavy atom. The van der Waals surface area contributed by atoms with E-state index in [4.69, 9.17) is 23.2 Å². The average Bonchev–Trinajstić information content (AvgIpc) is 3.63. The lowest BCUT2D eigenvalue weighted by molar-refractivity contribution is -0.154. The molecule has 9 heteroatoms. The molecule has 2 saturated carbocycles. The van der Waals surface area contributed by atoms with Crippen LogP contribution in [-0.2, 0) is 9.59 Å². The third-order valence-electron chi connectivity index (χ3n) is 7.74. The largest absolute Gasteiger partial charge is 0.292 e. The number of benzene rings is 2. The summed E-state index contributed by atoms with van der Waals surface area (Å²) in [6.45, 7) is -0.465. The Morgan fingerprint density at radius 1 is 0.886 bits per heavy atom. The van der Waals surface area contributed by atoms with Gasteiger partial charge in [0.15, 0.2) is 5.78 Å². The van der Waals surface area contributed by atoms with E-state index >= 15 is 0 Å². The summed E-state index contributed by atoms with van der Waals surface area (Å²) in [5.74, 6) is -2.03. The topological polar surface area (TPSA) is 74.8 Å². The van der Waals surface area contributed by atoms with E-state index in [9.17, 15) is 19.2 Å². The Hall–Kier alpha value is -2.48.